The van der Waals surface area contributed by atoms with Crippen molar-refractivity contribution < 1.29 is 0 Å². The summed E-state index contributed by atoms with van der Waals surface area (Å²) in [5, 5.41) is 3.09. The third-order valence-corrected chi connectivity index (χ3v) is 0.948. The molecule has 9 heavy (non-hydrogen) atoms. The highest BCUT2D eigenvalue weighted by atomic mass is 14.8. The summed E-state index contributed by atoms with van der Waals surface area (Å²) in [6.07, 6.45) is 9.29. The van der Waals surface area contributed by atoms with Crippen LogP contribution in [0.2, 0.25) is 0 Å². The lowest BCUT2D eigenvalue weighted by atomic mass is 10.4. The van der Waals surface area contributed by atoms with E-state index in [1.165, 1.54) is 0 Å². The van der Waals surface area contributed by atoms with Gasteiger partial charge in [-0.15, -0.1) is 0 Å². The van der Waals surface area contributed by atoms with Crippen LogP contribution in [0.4, 0.5) is 0 Å². The van der Waals surface area contributed by atoms with E-state index >= 15 is 0 Å². The fraction of sp³-hybridized carbons (Fsp3) is 0.500. The van der Waals surface area contributed by atoms with E-state index in [1.54, 1.807) is 0 Å². The molecule has 0 amide bonds. The highest BCUT2D eigenvalue weighted by Crippen LogP contribution is 1.82. The van der Waals surface area contributed by atoms with Gasteiger partial charge < -0.3 is 5.32 Å². The van der Waals surface area contributed by atoms with Crippen LogP contribution in [-0.2, 0) is 0 Å². The Bertz CT molecular complexity index is 92.7. The lowest BCUT2D eigenvalue weighted by Crippen LogP contribution is -2.00. The zero-order chi connectivity index (χ0) is 6.95. The van der Waals surface area contributed by atoms with Gasteiger partial charge in [-0.25, -0.2) is 0 Å². The van der Waals surface area contributed by atoms with E-state index in [4.69, 9.17) is 0 Å². The second-order valence-electron chi connectivity index (χ2n) is 1.76. The van der Waals surface area contributed by atoms with Crippen molar-refractivity contribution in [2.24, 2.45) is 0 Å². The zero-order valence-electron chi connectivity index (χ0n) is 6.22. The first-order valence-corrected chi connectivity index (χ1v) is 3.41. The minimum absolute atomic E-state index is 1.01. The van der Waals surface area contributed by atoms with Gasteiger partial charge >= 0.3 is 0 Å². The average molecular weight is 125 g/mol. The Morgan fingerprint density at radius 3 is 2.67 bits per heavy atom. The second-order valence-corrected chi connectivity index (χ2v) is 1.76. The number of rotatable bonds is 4. The van der Waals surface area contributed by atoms with Gasteiger partial charge in [0.05, 0.1) is 0 Å². The smallest absolute Gasteiger partial charge is 0.0112 e. The van der Waals surface area contributed by atoms with Crippen LogP contribution in [0.15, 0.2) is 24.4 Å². The first-order chi connectivity index (χ1) is 4.41. The molecule has 1 N–H and O–H groups in total. The van der Waals surface area contributed by atoms with Crippen molar-refractivity contribution in [3.05, 3.63) is 24.4 Å². The van der Waals surface area contributed by atoms with Crippen LogP contribution in [0.5, 0.6) is 0 Å². The van der Waals surface area contributed by atoms with Gasteiger partial charge in [-0.3, -0.25) is 0 Å². The lowest BCUT2D eigenvalue weighted by Gasteiger charge is -1.88. The molecule has 0 bridgehead atoms. The Kier molecular flexibility index (Phi) is 6.70. The third-order valence-electron chi connectivity index (χ3n) is 0.948. The predicted molar refractivity (Wildman–Crippen MR) is 42.2 cm³/mol. The Morgan fingerprint density at radius 1 is 1.33 bits per heavy atom. The minimum Gasteiger partial charge on any atom is -0.391 e. The molecule has 0 radical (unpaired) electrons. The van der Waals surface area contributed by atoms with E-state index in [0.29, 0.717) is 0 Å². The van der Waals surface area contributed by atoms with Gasteiger partial charge in [0.2, 0.25) is 0 Å². The molecular formula is C8H15N. The maximum Gasteiger partial charge on any atom is 0.0112 e. The van der Waals surface area contributed by atoms with Crippen LogP contribution < -0.4 is 5.32 Å². The van der Waals surface area contributed by atoms with Crippen molar-refractivity contribution >= 4 is 0 Å². The SMILES string of the molecule is C/C=C/C/C=C\NCC. The summed E-state index contributed by atoms with van der Waals surface area (Å²) in [6, 6.07) is 0. The number of allylic oxidation sites excluding steroid dienone is 3. The second kappa shape index (κ2) is 7.28. The molecular weight excluding hydrogens is 110 g/mol. The molecule has 0 aliphatic heterocycles. The molecule has 0 aromatic rings. The van der Waals surface area contributed by atoms with Crippen molar-refractivity contribution in [2.75, 3.05) is 6.54 Å². The lowest BCUT2D eigenvalue weighted by molar-refractivity contribution is 0.915. The Balaban J connectivity index is 3.04. The van der Waals surface area contributed by atoms with E-state index in [9.17, 15) is 0 Å². The molecule has 0 spiro atoms. The van der Waals surface area contributed by atoms with Gasteiger partial charge in [0.15, 0.2) is 0 Å². The van der Waals surface area contributed by atoms with Crippen molar-refractivity contribution in [1.29, 1.82) is 0 Å². The van der Waals surface area contributed by atoms with Crippen molar-refractivity contribution in [2.45, 2.75) is 20.3 Å². The topological polar surface area (TPSA) is 12.0 Å². The molecule has 0 aliphatic rings. The average Bonchev–Trinajstić information content (AvgIpc) is 1.89. The zero-order valence-corrected chi connectivity index (χ0v) is 6.22. The summed E-state index contributed by atoms with van der Waals surface area (Å²) in [5.74, 6) is 0. The minimum atomic E-state index is 1.01. The fourth-order valence-electron chi connectivity index (χ4n) is 0.484. The largest absolute Gasteiger partial charge is 0.391 e. The molecule has 0 aliphatic carbocycles. The molecule has 1 nitrogen and oxygen atoms in total. The molecule has 0 aromatic heterocycles. The van der Waals surface area contributed by atoms with E-state index < -0.39 is 0 Å². The molecule has 0 heterocycles. The van der Waals surface area contributed by atoms with Gasteiger partial charge in [-0.1, -0.05) is 18.2 Å². The molecule has 0 unspecified atom stereocenters. The third kappa shape index (κ3) is 7.28. The van der Waals surface area contributed by atoms with Gasteiger partial charge in [-0.2, -0.15) is 0 Å². The summed E-state index contributed by atoms with van der Waals surface area (Å²) in [4.78, 5) is 0. The van der Waals surface area contributed by atoms with Gasteiger partial charge in [0.25, 0.3) is 0 Å². The van der Waals surface area contributed by atoms with Crippen LogP contribution in [0.1, 0.15) is 20.3 Å². The monoisotopic (exact) mass is 125 g/mol. The number of hydrogen-bond acceptors (Lipinski definition) is 1. The Morgan fingerprint density at radius 2 is 2.11 bits per heavy atom. The van der Waals surface area contributed by atoms with E-state index in [1.807, 2.05) is 13.1 Å². The van der Waals surface area contributed by atoms with Gasteiger partial charge in [0.1, 0.15) is 0 Å². The molecule has 0 saturated heterocycles. The summed E-state index contributed by atoms with van der Waals surface area (Å²) in [7, 11) is 0. The summed E-state index contributed by atoms with van der Waals surface area (Å²) >= 11 is 0. The molecule has 1 heteroatoms. The molecule has 0 saturated carbocycles. The van der Waals surface area contributed by atoms with Crippen molar-refractivity contribution in [3.63, 3.8) is 0 Å². The van der Waals surface area contributed by atoms with Crippen LogP contribution in [0.3, 0.4) is 0 Å². The molecule has 0 aromatic carbocycles. The Labute approximate surface area is 57.5 Å². The maximum atomic E-state index is 3.09. The molecule has 0 fully saturated rings. The van der Waals surface area contributed by atoms with Crippen LogP contribution in [0, 0.1) is 0 Å². The van der Waals surface area contributed by atoms with Crippen LogP contribution in [-0.4, -0.2) is 6.54 Å². The summed E-state index contributed by atoms with van der Waals surface area (Å²) in [6.45, 7) is 5.12. The molecule has 52 valence electrons. The summed E-state index contributed by atoms with van der Waals surface area (Å²) < 4.78 is 0. The predicted octanol–water partition coefficient (Wildman–Crippen LogP) is 2.08. The van der Waals surface area contributed by atoms with Crippen molar-refractivity contribution in [1.82, 2.24) is 5.32 Å². The van der Waals surface area contributed by atoms with E-state index in [-0.39, 0.29) is 0 Å². The van der Waals surface area contributed by atoms with Crippen molar-refractivity contribution in [3.8, 4) is 0 Å². The summed E-state index contributed by atoms with van der Waals surface area (Å²) in [5.41, 5.74) is 0. The van der Waals surface area contributed by atoms with Gasteiger partial charge in [-0.05, 0) is 26.5 Å². The number of nitrogens with one attached hydrogen (secondary N) is 1. The van der Waals surface area contributed by atoms with Gasteiger partial charge in [0, 0.05) is 6.54 Å². The highest BCUT2D eigenvalue weighted by molar-refractivity contribution is 4.89. The molecule has 0 rings (SSSR count). The first-order valence-electron chi connectivity index (χ1n) is 3.41. The quantitative estimate of drug-likeness (QED) is 0.567. The fourth-order valence-corrected chi connectivity index (χ4v) is 0.484. The molecule has 0 atom stereocenters. The normalized spacial score (nSPS) is 11.3. The number of hydrogen-bond donors (Lipinski definition) is 1. The standard InChI is InChI=1S/C8H15N/c1-3-5-6-7-8-9-4-2/h3,5,7-9H,4,6H2,1-2H3/b5-3+,8-7-. The van der Waals surface area contributed by atoms with Crippen LogP contribution in [0.25, 0.3) is 0 Å². The highest BCUT2D eigenvalue weighted by Gasteiger charge is 1.67. The first kappa shape index (κ1) is 8.28. The van der Waals surface area contributed by atoms with E-state index in [0.717, 1.165) is 13.0 Å². The van der Waals surface area contributed by atoms with E-state index in [2.05, 4.69) is 30.5 Å². The maximum absolute atomic E-state index is 3.09. The van der Waals surface area contributed by atoms with Crippen LogP contribution >= 0.6 is 0 Å². The Hall–Kier alpha value is -0.720.